The highest BCUT2D eigenvalue weighted by Crippen LogP contribution is 2.44. The van der Waals surface area contributed by atoms with Crippen LogP contribution in [-0.2, 0) is 5.60 Å². The third-order valence-electron chi connectivity index (χ3n) is 3.02. The number of rotatable bonds is 1. The van der Waals surface area contributed by atoms with E-state index in [1.807, 2.05) is 0 Å². The van der Waals surface area contributed by atoms with Crippen LogP contribution in [0.15, 0.2) is 11.4 Å². The van der Waals surface area contributed by atoms with Gasteiger partial charge in [0.2, 0.25) is 0 Å². The number of thiophene rings is 1. The van der Waals surface area contributed by atoms with E-state index in [1.165, 1.54) is 10.4 Å². The molecule has 72 valence electrons. The second kappa shape index (κ2) is 3.10. The molecular formula is C11H16OS. The van der Waals surface area contributed by atoms with Crippen LogP contribution >= 0.6 is 11.3 Å². The molecule has 0 aromatic carbocycles. The topological polar surface area (TPSA) is 20.2 Å². The first-order chi connectivity index (χ1) is 6.12. The molecule has 1 aromatic heterocycles. The monoisotopic (exact) mass is 196 g/mol. The van der Waals surface area contributed by atoms with Gasteiger partial charge in [-0.3, -0.25) is 0 Å². The Morgan fingerprint density at radius 2 is 2.38 bits per heavy atom. The SMILES string of the molecule is Cc1ccsc1C1(O)CCC(C)C1. The van der Waals surface area contributed by atoms with Crippen molar-refractivity contribution in [1.29, 1.82) is 0 Å². The Bertz CT molecular complexity index is 305. The number of aliphatic hydroxyl groups is 1. The van der Waals surface area contributed by atoms with E-state index in [-0.39, 0.29) is 0 Å². The van der Waals surface area contributed by atoms with Gasteiger partial charge in [-0.1, -0.05) is 6.92 Å². The van der Waals surface area contributed by atoms with Crippen LogP contribution in [0.3, 0.4) is 0 Å². The van der Waals surface area contributed by atoms with Crippen LogP contribution in [0, 0.1) is 12.8 Å². The minimum atomic E-state index is -0.502. The van der Waals surface area contributed by atoms with Crippen LogP contribution in [-0.4, -0.2) is 5.11 Å². The smallest absolute Gasteiger partial charge is 0.0993 e. The lowest BCUT2D eigenvalue weighted by molar-refractivity contribution is 0.0440. The molecule has 1 saturated carbocycles. The van der Waals surface area contributed by atoms with Crippen LogP contribution in [0.5, 0.6) is 0 Å². The summed E-state index contributed by atoms with van der Waals surface area (Å²) in [6.45, 7) is 4.31. The lowest BCUT2D eigenvalue weighted by Gasteiger charge is -2.22. The highest BCUT2D eigenvalue weighted by molar-refractivity contribution is 7.10. The maximum Gasteiger partial charge on any atom is 0.0993 e. The number of hydrogen-bond acceptors (Lipinski definition) is 2. The van der Waals surface area contributed by atoms with Crippen molar-refractivity contribution in [1.82, 2.24) is 0 Å². The molecule has 1 aliphatic rings. The number of aryl methyl sites for hydroxylation is 1. The zero-order valence-electron chi connectivity index (χ0n) is 8.21. The zero-order chi connectivity index (χ0) is 9.47. The molecule has 2 heteroatoms. The minimum Gasteiger partial charge on any atom is -0.384 e. The second-order valence-corrected chi connectivity index (χ2v) is 5.23. The molecule has 0 bridgehead atoms. The van der Waals surface area contributed by atoms with Gasteiger partial charge in [0.05, 0.1) is 5.60 Å². The first-order valence-electron chi connectivity index (χ1n) is 4.89. The average Bonchev–Trinajstić information content (AvgIpc) is 2.59. The fraction of sp³-hybridized carbons (Fsp3) is 0.636. The predicted molar refractivity (Wildman–Crippen MR) is 56.0 cm³/mol. The molecule has 0 aliphatic heterocycles. The van der Waals surface area contributed by atoms with E-state index in [1.54, 1.807) is 11.3 Å². The Kier molecular flexibility index (Phi) is 2.20. The Morgan fingerprint density at radius 3 is 2.85 bits per heavy atom. The standard InChI is InChI=1S/C11H16OS/c1-8-3-5-11(12,7-8)10-9(2)4-6-13-10/h4,6,8,12H,3,5,7H2,1-2H3. The Balaban J connectivity index is 2.30. The van der Waals surface area contributed by atoms with E-state index in [0.717, 1.165) is 19.3 Å². The summed E-state index contributed by atoms with van der Waals surface area (Å²) < 4.78 is 0. The molecule has 1 aromatic rings. The van der Waals surface area contributed by atoms with Crippen molar-refractivity contribution >= 4 is 11.3 Å². The predicted octanol–water partition coefficient (Wildman–Crippen LogP) is 3.06. The van der Waals surface area contributed by atoms with E-state index < -0.39 is 5.60 Å². The first-order valence-corrected chi connectivity index (χ1v) is 5.77. The van der Waals surface area contributed by atoms with Gasteiger partial charge in [0.25, 0.3) is 0 Å². The third-order valence-corrected chi connectivity index (χ3v) is 4.23. The summed E-state index contributed by atoms with van der Waals surface area (Å²) in [7, 11) is 0. The third kappa shape index (κ3) is 1.53. The summed E-state index contributed by atoms with van der Waals surface area (Å²) in [5.74, 6) is 0.673. The summed E-state index contributed by atoms with van der Waals surface area (Å²) in [6, 6.07) is 2.10. The van der Waals surface area contributed by atoms with Crippen molar-refractivity contribution < 1.29 is 5.11 Å². The first kappa shape index (κ1) is 9.22. The molecule has 0 amide bonds. The van der Waals surface area contributed by atoms with Crippen molar-refractivity contribution in [3.63, 3.8) is 0 Å². The number of hydrogen-bond donors (Lipinski definition) is 1. The molecule has 1 aliphatic carbocycles. The minimum absolute atomic E-state index is 0.502. The maximum absolute atomic E-state index is 10.4. The molecule has 0 radical (unpaired) electrons. The summed E-state index contributed by atoms with van der Waals surface area (Å²) >= 11 is 1.70. The van der Waals surface area contributed by atoms with Gasteiger partial charge in [0.1, 0.15) is 0 Å². The lowest BCUT2D eigenvalue weighted by Crippen LogP contribution is -2.20. The summed E-state index contributed by atoms with van der Waals surface area (Å²) in [5.41, 5.74) is 0.749. The van der Waals surface area contributed by atoms with Gasteiger partial charge in [-0.2, -0.15) is 0 Å². The molecule has 2 rings (SSSR count). The van der Waals surface area contributed by atoms with Gasteiger partial charge in [-0.25, -0.2) is 0 Å². The maximum atomic E-state index is 10.4. The van der Waals surface area contributed by atoms with Gasteiger partial charge in [-0.15, -0.1) is 11.3 Å². The van der Waals surface area contributed by atoms with Crippen LogP contribution < -0.4 is 0 Å². The van der Waals surface area contributed by atoms with Crippen LogP contribution in [0.25, 0.3) is 0 Å². The molecule has 13 heavy (non-hydrogen) atoms. The van der Waals surface area contributed by atoms with Gasteiger partial charge in [0.15, 0.2) is 0 Å². The van der Waals surface area contributed by atoms with Crippen molar-refractivity contribution in [3.05, 3.63) is 21.9 Å². The highest BCUT2D eigenvalue weighted by Gasteiger charge is 2.38. The summed E-state index contributed by atoms with van der Waals surface area (Å²) in [6.07, 6.45) is 3.04. The summed E-state index contributed by atoms with van der Waals surface area (Å²) in [4.78, 5) is 1.19. The lowest BCUT2D eigenvalue weighted by atomic mass is 9.96. The largest absolute Gasteiger partial charge is 0.384 e. The van der Waals surface area contributed by atoms with Crippen molar-refractivity contribution in [2.75, 3.05) is 0 Å². The van der Waals surface area contributed by atoms with Gasteiger partial charge in [-0.05, 0) is 49.1 Å². The van der Waals surface area contributed by atoms with E-state index >= 15 is 0 Å². The second-order valence-electron chi connectivity index (χ2n) is 4.31. The molecule has 2 atom stereocenters. The molecular weight excluding hydrogens is 180 g/mol. The van der Waals surface area contributed by atoms with E-state index in [2.05, 4.69) is 25.3 Å². The zero-order valence-corrected chi connectivity index (χ0v) is 9.03. The van der Waals surface area contributed by atoms with Gasteiger partial charge >= 0.3 is 0 Å². The Labute approximate surface area is 83.4 Å². The highest BCUT2D eigenvalue weighted by atomic mass is 32.1. The molecule has 0 saturated heterocycles. The molecule has 1 nitrogen and oxygen atoms in total. The van der Waals surface area contributed by atoms with Crippen LogP contribution in [0.1, 0.15) is 36.6 Å². The Hall–Kier alpha value is -0.340. The fourth-order valence-electron chi connectivity index (χ4n) is 2.32. The molecule has 1 N–H and O–H groups in total. The van der Waals surface area contributed by atoms with Crippen LogP contribution in [0.2, 0.25) is 0 Å². The molecule has 0 spiro atoms. The van der Waals surface area contributed by atoms with Crippen molar-refractivity contribution in [2.24, 2.45) is 5.92 Å². The average molecular weight is 196 g/mol. The molecule has 2 unspecified atom stereocenters. The quantitative estimate of drug-likeness (QED) is 0.732. The molecule has 1 heterocycles. The van der Waals surface area contributed by atoms with E-state index in [9.17, 15) is 5.11 Å². The fourth-order valence-corrected chi connectivity index (χ4v) is 3.39. The van der Waals surface area contributed by atoms with Crippen molar-refractivity contribution in [2.45, 2.75) is 38.7 Å². The van der Waals surface area contributed by atoms with Crippen molar-refractivity contribution in [3.8, 4) is 0 Å². The van der Waals surface area contributed by atoms with Gasteiger partial charge in [0, 0.05) is 4.88 Å². The molecule has 1 fully saturated rings. The van der Waals surface area contributed by atoms with E-state index in [4.69, 9.17) is 0 Å². The normalized spacial score (nSPS) is 33.9. The van der Waals surface area contributed by atoms with Crippen LogP contribution in [0.4, 0.5) is 0 Å². The summed E-state index contributed by atoms with van der Waals surface area (Å²) in [5, 5.41) is 12.5. The van der Waals surface area contributed by atoms with E-state index in [0.29, 0.717) is 5.92 Å². The van der Waals surface area contributed by atoms with Gasteiger partial charge < -0.3 is 5.11 Å². The Morgan fingerprint density at radius 1 is 1.62 bits per heavy atom.